The van der Waals surface area contributed by atoms with Gasteiger partial charge in [-0.3, -0.25) is 0 Å². The second-order valence-electron chi connectivity index (χ2n) is 5.18. The van der Waals surface area contributed by atoms with Crippen LogP contribution >= 0.6 is 0 Å². The number of ether oxygens (including phenoxy) is 1. The van der Waals surface area contributed by atoms with Crippen LogP contribution in [0.25, 0.3) is 0 Å². The van der Waals surface area contributed by atoms with Gasteiger partial charge in [0.05, 0.1) is 12.4 Å². The van der Waals surface area contributed by atoms with E-state index in [1.54, 1.807) is 25.1 Å². The molecule has 0 aromatic heterocycles. The zero-order chi connectivity index (χ0) is 13.4. The number of rotatable bonds is 4. The second kappa shape index (κ2) is 4.46. The fraction of sp³-hybridized carbons (Fsp3) is 0.538. The Morgan fingerprint density at radius 3 is 2.78 bits per heavy atom. The average Bonchev–Trinajstić information content (AvgIpc) is 2.54. The summed E-state index contributed by atoms with van der Waals surface area (Å²) in [6.07, 6.45) is 0.544. The number of benzene rings is 1. The van der Waals surface area contributed by atoms with E-state index in [2.05, 4.69) is 13.8 Å². The van der Waals surface area contributed by atoms with Crippen LogP contribution < -0.4 is 8.92 Å². The molecule has 1 heterocycles. The quantitative estimate of drug-likeness (QED) is 0.789. The first-order valence-electron chi connectivity index (χ1n) is 6.03. The first-order valence-corrected chi connectivity index (χ1v) is 7.61. The molecule has 0 amide bonds. The lowest BCUT2D eigenvalue weighted by Crippen LogP contribution is -2.18. The monoisotopic (exact) mass is 270 g/mol. The zero-order valence-corrected chi connectivity index (χ0v) is 11.7. The summed E-state index contributed by atoms with van der Waals surface area (Å²) in [6.45, 7) is 6.53. The molecule has 1 aromatic rings. The van der Waals surface area contributed by atoms with E-state index in [-0.39, 0.29) is 11.2 Å². The summed E-state index contributed by atoms with van der Waals surface area (Å²) in [5.74, 6) is 1.20. The lowest BCUT2D eigenvalue weighted by Gasteiger charge is -2.15. The maximum atomic E-state index is 11.6. The lowest BCUT2D eigenvalue weighted by atomic mass is 9.87. The molecular formula is C13H18O4S. The molecule has 5 heteroatoms. The van der Waals surface area contributed by atoms with Crippen LogP contribution in [0, 0.1) is 0 Å². The molecule has 2 rings (SSSR count). The first-order chi connectivity index (χ1) is 8.34. The highest BCUT2D eigenvalue weighted by atomic mass is 32.2. The van der Waals surface area contributed by atoms with Gasteiger partial charge in [-0.2, -0.15) is 8.42 Å². The van der Waals surface area contributed by atoms with Crippen molar-refractivity contribution in [2.75, 3.05) is 12.4 Å². The Labute approximate surface area is 108 Å². The van der Waals surface area contributed by atoms with Gasteiger partial charge in [0.1, 0.15) is 11.5 Å². The Hall–Kier alpha value is -1.23. The van der Waals surface area contributed by atoms with E-state index in [4.69, 9.17) is 8.92 Å². The molecule has 100 valence electrons. The highest BCUT2D eigenvalue weighted by Crippen LogP contribution is 2.40. The van der Waals surface area contributed by atoms with Gasteiger partial charge < -0.3 is 8.92 Å². The third-order valence-corrected chi connectivity index (χ3v) is 4.30. The highest BCUT2D eigenvalue weighted by molar-refractivity contribution is 7.87. The topological polar surface area (TPSA) is 52.6 Å². The predicted molar refractivity (Wildman–Crippen MR) is 69.7 cm³/mol. The molecule has 1 aromatic carbocycles. The van der Waals surface area contributed by atoms with E-state index in [0.717, 1.165) is 11.3 Å². The van der Waals surface area contributed by atoms with Gasteiger partial charge in [0.2, 0.25) is 0 Å². The summed E-state index contributed by atoms with van der Waals surface area (Å²) < 4.78 is 33.8. The molecule has 0 unspecified atom stereocenters. The summed E-state index contributed by atoms with van der Waals surface area (Å²) in [4.78, 5) is 0. The molecule has 0 spiro atoms. The van der Waals surface area contributed by atoms with Crippen molar-refractivity contribution in [2.24, 2.45) is 0 Å². The van der Waals surface area contributed by atoms with Crippen molar-refractivity contribution in [1.29, 1.82) is 0 Å². The second-order valence-corrected chi connectivity index (χ2v) is 6.87. The van der Waals surface area contributed by atoms with Crippen LogP contribution in [0.1, 0.15) is 32.8 Å². The van der Waals surface area contributed by atoms with Crippen LogP contribution in [-0.4, -0.2) is 20.8 Å². The fourth-order valence-electron chi connectivity index (χ4n) is 1.99. The molecule has 0 atom stereocenters. The standard InChI is InChI=1S/C13H18O4S/c1-4-7-18(14,15)17-10-5-6-12-11(8-10)13(2,3)9-16-12/h5-6,8H,4,7,9H2,1-3H3. The summed E-state index contributed by atoms with van der Waals surface area (Å²) in [7, 11) is -3.48. The number of hydrogen-bond donors (Lipinski definition) is 0. The Morgan fingerprint density at radius 2 is 2.11 bits per heavy atom. The van der Waals surface area contributed by atoms with Crippen molar-refractivity contribution in [3.8, 4) is 11.5 Å². The van der Waals surface area contributed by atoms with Gasteiger partial charge in [-0.05, 0) is 24.6 Å². The Kier molecular flexibility index (Phi) is 3.27. The molecule has 0 saturated heterocycles. The Morgan fingerprint density at radius 1 is 1.39 bits per heavy atom. The van der Waals surface area contributed by atoms with Crippen molar-refractivity contribution >= 4 is 10.1 Å². The zero-order valence-electron chi connectivity index (χ0n) is 10.9. The highest BCUT2D eigenvalue weighted by Gasteiger charge is 2.32. The van der Waals surface area contributed by atoms with Gasteiger partial charge in [0.15, 0.2) is 0 Å². The third kappa shape index (κ3) is 2.61. The number of hydrogen-bond acceptors (Lipinski definition) is 4. The van der Waals surface area contributed by atoms with E-state index in [1.165, 1.54) is 0 Å². The molecule has 0 saturated carbocycles. The minimum absolute atomic E-state index is 0.0317. The molecule has 0 fully saturated rings. The largest absolute Gasteiger partial charge is 0.492 e. The minimum Gasteiger partial charge on any atom is -0.492 e. The minimum atomic E-state index is -3.48. The van der Waals surface area contributed by atoms with Crippen LogP contribution in [0.4, 0.5) is 0 Å². The smallest absolute Gasteiger partial charge is 0.309 e. The van der Waals surface area contributed by atoms with Crippen LogP contribution in [0.15, 0.2) is 18.2 Å². The van der Waals surface area contributed by atoms with Crippen LogP contribution in [0.5, 0.6) is 11.5 Å². The molecule has 0 radical (unpaired) electrons. The average molecular weight is 270 g/mol. The fourth-order valence-corrected chi connectivity index (χ4v) is 2.97. The summed E-state index contributed by atoms with van der Waals surface area (Å²) in [5.41, 5.74) is 0.884. The van der Waals surface area contributed by atoms with Crippen molar-refractivity contribution in [3.05, 3.63) is 23.8 Å². The van der Waals surface area contributed by atoms with E-state index in [0.29, 0.717) is 18.8 Å². The summed E-state index contributed by atoms with van der Waals surface area (Å²) >= 11 is 0. The predicted octanol–water partition coefficient (Wildman–Crippen LogP) is 2.48. The van der Waals surface area contributed by atoms with Gasteiger partial charge in [-0.1, -0.05) is 20.8 Å². The molecule has 0 bridgehead atoms. The van der Waals surface area contributed by atoms with Gasteiger partial charge in [0.25, 0.3) is 0 Å². The van der Waals surface area contributed by atoms with Gasteiger partial charge in [-0.15, -0.1) is 0 Å². The first kappa shape index (κ1) is 13.2. The van der Waals surface area contributed by atoms with Gasteiger partial charge in [0, 0.05) is 11.0 Å². The molecule has 1 aliphatic rings. The molecular weight excluding hydrogens is 252 g/mol. The van der Waals surface area contributed by atoms with E-state index >= 15 is 0 Å². The van der Waals surface area contributed by atoms with Crippen molar-refractivity contribution in [3.63, 3.8) is 0 Å². The van der Waals surface area contributed by atoms with Crippen LogP contribution in [0.2, 0.25) is 0 Å². The van der Waals surface area contributed by atoms with E-state index in [9.17, 15) is 8.42 Å². The molecule has 4 nitrogen and oxygen atoms in total. The van der Waals surface area contributed by atoms with E-state index in [1.807, 2.05) is 0 Å². The molecule has 0 N–H and O–H groups in total. The van der Waals surface area contributed by atoms with Gasteiger partial charge in [-0.25, -0.2) is 0 Å². The molecule has 0 aliphatic carbocycles. The Bertz CT molecular complexity index is 546. The normalized spacial score (nSPS) is 17.1. The maximum Gasteiger partial charge on any atom is 0.309 e. The van der Waals surface area contributed by atoms with E-state index < -0.39 is 10.1 Å². The van der Waals surface area contributed by atoms with Crippen LogP contribution in [-0.2, 0) is 15.5 Å². The Balaban J connectivity index is 2.28. The summed E-state index contributed by atoms with van der Waals surface area (Å²) in [5, 5.41) is 0. The molecule has 1 aliphatic heterocycles. The molecule has 18 heavy (non-hydrogen) atoms. The third-order valence-electron chi connectivity index (χ3n) is 2.95. The van der Waals surface area contributed by atoms with Crippen molar-refractivity contribution in [2.45, 2.75) is 32.6 Å². The lowest BCUT2D eigenvalue weighted by molar-refractivity contribution is 0.291. The summed E-state index contributed by atoms with van der Waals surface area (Å²) in [6, 6.07) is 5.16. The van der Waals surface area contributed by atoms with Crippen LogP contribution in [0.3, 0.4) is 0 Å². The van der Waals surface area contributed by atoms with Gasteiger partial charge >= 0.3 is 10.1 Å². The maximum absolute atomic E-state index is 11.6. The van der Waals surface area contributed by atoms with Crippen molar-refractivity contribution < 1.29 is 17.3 Å². The number of fused-ring (bicyclic) bond motifs is 1. The SMILES string of the molecule is CCCS(=O)(=O)Oc1ccc2c(c1)C(C)(C)CO2. The van der Waals surface area contributed by atoms with Crippen molar-refractivity contribution in [1.82, 2.24) is 0 Å².